The van der Waals surface area contributed by atoms with Gasteiger partial charge in [0.15, 0.2) is 0 Å². The van der Waals surface area contributed by atoms with Gasteiger partial charge in [0.2, 0.25) is 5.91 Å². The Balaban J connectivity index is 1.86. The molecule has 0 saturated carbocycles. The molecule has 10 heteroatoms. The maximum atomic E-state index is 11.8. The van der Waals surface area contributed by atoms with Crippen LogP contribution in [0, 0.1) is 0 Å². The Morgan fingerprint density at radius 2 is 2.00 bits per heavy atom. The van der Waals surface area contributed by atoms with E-state index in [1.807, 2.05) is 0 Å². The number of methoxy groups -OCH3 is 3. The van der Waals surface area contributed by atoms with Crippen molar-refractivity contribution >= 4 is 23.6 Å². The first-order chi connectivity index (χ1) is 13.1. The molecule has 0 aliphatic heterocycles. The van der Waals surface area contributed by atoms with Gasteiger partial charge in [0.05, 0.1) is 32.6 Å². The number of carbonyl (C=O) groups excluding carboxylic acids is 2. The van der Waals surface area contributed by atoms with Crippen molar-refractivity contribution in [3.8, 4) is 23.0 Å². The summed E-state index contributed by atoms with van der Waals surface area (Å²) in [4.78, 5) is 22.8. The summed E-state index contributed by atoms with van der Waals surface area (Å²) in [5.41, 5.74) is 0.630. The number of benzene rings is 1. The molecular weight excluding hydrogens is 374 g/mol. The lowest BCUT2D eigenvalue weighted by Gasteiger charge is -2.07. The fourth-order valence-electron chi connectivity index (χ4n) is 2.09. The van der Waals surface area contributed by atoms with E-state index in [0.717, 1.165) is 11.8 Å². The van der Waals surface area contributed by atoms with Crippen molar-refractivity contribution < 1.29 is 28.2 Å². The number of carbonyl (C=O) groups is 2. The highest BCUT2D eigenvalue weighted by molar-refractivity contribution is 7.99. The first kappa shape index (κ1) is 20.6. The number of hydrogen-bond acceptors (Lipinski definition) is 9. The zero-order chi connectivity index (χ0) is 19.6. The summed E-state index contributed by atoms with van der Waals surface area (Å²) in [7, 11) is 4.43. The fraction of sp³-hybridized carbons (Fsp3) is 0.412. The van der Waals surface area contributed by atoms with E-state index in [1.54, 1.807) is 25.3 Å². The van der Waals surface area contributed by atoms with Gasteiger partial charge in [0.1, 0.15) is 11.5 Å². The molecule has 27 heavy (non-hydrogen) atoms. The summed E-state index contributed by atoms with van der Waals surface area (Å²) < 4.78 is 20.6. The highest BCUT2D eigenvalue weighted by Gasteiger charge is 2.15. The van der Waals surface area contributed by atoms with E-state index in [1.165, 1.54) is 14.2 Å². The smallest absolute Gasteiger partial charge is 0.305 e. The highest BCUT2D eigenvalue weighted by Crippen LogP contribution is 2.33. The normalized spacial score (nSPS) is 10.3. The summed E-state index contributed by atoms with van der Waals surface area (Å²) in [5, 5.41) is 10.9. The molecule has 0 aliphatic rings. The first-order valence-corrected chi connectivity index (χ1v) is 9.08. The quantitative estimate of drug-likeness (QED) is 0.366. The summed E-state index contributed by atoms with van der Waals surface area (Å²) in [6.07, 6.45) is 0.783. The number of nitrogens with one attached hydrogen (secondary N) is 1. The predicted molar refractivity (Wildman–Crippen MR) is 97.8 cm³/mol. The number of ether oxygens (including phenoxy) is 3. The van der Waals surface area contributed by atoms with Gasteiger partial charge in [0.25, 0.3) is 11.1 Å². The van der Waals surface area contributed by atoms with E-state index in [2.05, 4.69) is 20.3 Å². The van der Waals surface area contributed by atoms with Gasteiger partial charge in [-0.05, 0) is 18.6 Å². The number of esters is 1. The van der Waals surface area contributed by atoms with Gasteiger partial charge in [-0.2, -0.15) is 0 Å². The molecule has 0 unspecified atom stereocenters. The molecule has 0 radical (unpaired) electrons. The van der Waals surface area contributed by atoms with Crippen LogP contribution in [-0.2, 0) is 14.3 Å². The number of aromatic nitrogens is 2. The molecule has 0 fully saturated rings. The van der Waals surface area contributed by atoms with Crippen molar-refractivity contribution in [3.63, 3.8) is 0 Å². The van der Waals surface area contributed by atoms with Crippen molar-refractivity contribution in [3.05, 3.63) is 18.2 Å². The molecule has 1 aromatic carbocycles. The Kier molecular flexibility index (Phi) is 7.93. The van der Waals surface area contributed by atoms with Gasteiger partial charge < -0.3 is 23.9 Å². The minimum Gasteiger partial charge on any atom is -0.497 e. The predicted octanol–water partition coefficient (Wildman–Crippen LogP) is 1.92. The Bertz CT molecular complexity index is 780. The number of rotatable bonds is 10. The molecule has 146 valence electrons. The lowest BCUT2D eigenvalue weighted by Crippen LogP contribution is -2.26. The molecule has 0 bridgehead atoms. The molecule has 9 nitrogen and oxygen atoms in total. The Hall–Kier alpha value is -2.75. The van der Waals surface area contributed by atoms with Crippen molar-refractivity contribution in [1.29, 1.82) is 0 Å². The zero-order valence-electron chi connectivity index (χ0n) is 15.3. The largest absolute Gasteiger partial charge is 0.497 e. The van der Waals surface area contributed by atoms with Gasteiger partial charge in [-0.1, -0.05) is 11.8 Å². The van der Waals surface area contributed by atoms with Gasteiger partial charge in [-0.25, -0.2) is 0 Å². The summed E-state index contributed by atoms with van der Waals surface area (Å²) in [6.45, 7) is 0.395. The standard InChI is InChI=1S/C17H21N3O6S/c1-23-11-6-7-12(13(9-11)24-2)16-19-20-17(26-16)27-10-14(21)18-8-4-5-15(22)25-3/h6-7,9H,4-5,8,10H2,1-3H3,(H,18,21). The molecule has 0 saturated heterocycles. The van der Waals surface area contributed by atoms with Crippen molar-refractivity contribution in [2.75, 3.05) is 33.6 Å². The molecule has 1 N–H and O–H groups in total. The molecule has 0 aliphatic carbocycles. The number of hydrogen-bond donors (Lipinski definition) is 1. The van der Waals surface area contributed by atoms with Crippen LogP contribution in [0.4, 0.5) is 0 Å². The second-order valence-corrected chi connectivity index (χ2v) is 6.18. The van der Waals surface area contributed by atoms with Crippen molar-refractivity contribution in [1.82, 2.24) is 15.5 Å². The number of thioether (sulfide) groups is 1. The van der Waals surface area contributed by atoms with Crippen LogP contribution in [-0.4, -0.2) is 55.7 Å². The van der Waals surface area contributed by atoms with Crippen molar-refractivity contribution in [2.24, 2.45) is 0 Å². The third kappa shape index (κ3) is 6.17. The molecule has 0 spiro atoms. The summed E-state index contributed by atoms with van der Waals surface area (Å²) in [6, 6.07) is 5.23. The van der Waals surface area contributed by atoms with Crippen molar-refractivity contribution in [2.45, 2.75) is 18.1 Å². The monoisotopic (exact) mass is 395 g/mol. The van der Waals surface area contributed by atoms with E-state index < -0.39 is 0 Å². The first-order valence-electron chi connectivity index (χ1n) is 8.09. The topological polar surface area (TPSA) is 113 Å². The van der Waals surface area contributed by atoms with Gasteiger partial charge >= 0.3 is 5.97 Å². The number of nitrogens with zero attached hydrogens (tertiary/aromatic N) is 2. The molecule has 1 amide bonds. The average molecular weight is 395 g/mol. The van der Waals surface area contributed by atoms with Crippen LogP contribution < -0.4 is 14.8 Å². The third-order valence-corrected chi connectivity index (χ3v) is 4.30. The van der Waals surface area contributed by atoms with E-state index in [-0.39, 0.29) is 35.2 Å². The summed E-state index contributed by atoms with van der Waals surface area (Å²) in [5.74, 6) is 1.11. The highest BCUT2D eigenvalue weighted by atomic mass is 32.2. The van der Waals surface area contributed by atoms with Crippen LogP contribution in [0.1, 0.15) is 12.8 Å². The lowest BCUT2D eigenvalue weighted by atomic mass is 10.2. The zero-order valence-corrected chi connectivity index (χ0v) is 16.1. The minimum absolute atomic E-state index is 0.125. The molecule has 1 heterocycles. The molecule has 1 aromatic heterocycles. The molecule has 0 atom stereocenters. The average Bonchev–Trinajstić information content (AvgIpc) is 3.17. The van der Waals surface area contributed by atoms with Crippen LogP contribution in [0.15, 0.2) is 27.8 Å². The number of amides is 1. The van der Waals surface area contributed by atoms with E-state index in [9.17, 15) is 9.59 Å². The van der Waals surface area contributed by atoms with Gasteiger partial charge in [-0.3, -0.25) is 9.59 Å². The Labute approximate surface area is 160 Å². The molecular formula is C17H21N3O6S. The van der Waals surface area contributed by atoms with Gasteiger partial charge in [0, 0.05) is 19.0 Å². The van der Waals surface area contributed by atoms with Crippen LogP contribution >= 0.6 is 11.8 Å². The van der Waals surface area contributed by atoms with E-state index >= 15 is 0 Å². The Morgan fingerprint density at radius 3 is 2.70 bits per heavy atom. The van der Waals surface area contributed by atoms with E-state index in [4.69, 9.17) is 13.9 Å². The Morgan fingerprint density at radius 1 is 1.19 bits per heavy atom. The van der Waals surface area contributed by atoms with E-state index in [0.29, 0.717) is 30.0 Å². The summed E-state index contributed by atoms with van der Waals surface area (Å²) >= 11 is 1.12. The third-order valence-electron chi connectivity index (χ3n) is 3.48. The SMILES string of the molecule is COC(=O)CCCNC(=O)CSc1nnc(-c2ccc(OC)cc2OC)o1. The maximum absolute atomic E-state index is 11.8. The maximum Gasteiger partial charge on any atom is 0.305 e. The van der Waals surface area contributed by atoms with Crippen LogP contribution in [0.2, 0.25) is 0 Å². The van der Waals surface area contributed by atoms with Crippen LogP contribution in [0.5, 0.6) is 11.5 Å². The minimum atomic E-state index is -0.300. The fourth-order valence-corrected chi connectivity index (χ4v) is 2.69. The lowest BCUT2D eigenvalue weighted by molar-refractivity contribution is -0.140. The van der Waals surface area contributed by atoms with Crippen LogP contribution in [0.25, 0.3) is 11.5 Å². The molecule has 2 rings (SSSR count). The molecule has 2 aromatic rings. The second-order valence-electron chi connectivity index (χ2n) is 5.26. The van der Waals surface area contributed by atoms with Crippen LogP contribution in [0.3, 0.4) is 0 Å². The second kappa shape index (κ2) is 10.4. The van der Waals surface area contributed by atoms with Gasteiger partial charge in [-0.15, -0.1) is 10.2 Å².